The Bertz CT molecular complexity index is 1020. The van der Waals surface area contributed by atoms with Crippen molar-refractivity contribution in [2.75, 3.05) is 0 Å². The predicted molar refractivity (Wildman–Crippen MR) is 98.7 cm³/mol. The van der Waals surface area contributed by atoms with E-state index < -0.39 is 0 Å². The Balaban J connectivity index is 1.46. The number of amides is 1. The lowest BCUT2D eigenvalue weighted by Gasteiger charge is -2.05. The number of nitrogens with zero attached hydrogens (tertiary/aromatic N) is 2. The highest BCUT2D eigenvalue weighted by molar-refractivity contribution is 5.93. The first-order valence-electron chi connectivity index (χ1n) is 8.15. The predicted octanol–water partition coefficient (Wildman–Crippen LogP) is 3.96. The molecule has 0 aliphatic carbocycles. The summed E-state index contributed by atoms with van der Waals surface area (Å²) in [6, 6.07) is 24.1. The van der Waals surface area contributed by atoms with Crippen molar-refractivity contribution in [3.8, 4) is 5.69 Å². The number of aromatic nitrogens is 2. The number of para-hydroxylation sites is 1. The van der Waals surface area contributed by atoms with Gasteiger partial charge in [-0.15, -0.1) is 0 Å². The Morgan fingerprint density at radius 2 is 1.68 bits per heavy atom. The van der Waals surface area contributed by atoms with Crippen LogP contribution in [0.1, 0.15) is 15.9 Å². The summed E-state index contributed by atoms with van der Waals surface area (Å²) in [7, 11) is 0. The number of fused-ring (bicyclic) bond motifs is 1. The highest BCUT2D eigenvalue weighted by atomic mass is 16.1. The molecule has 25 heavy (non-hydrogen) atoms. The molecule has 1 aromatic heterocycles. The van der Waals surface area contributed by atoms with E-state index in [1.807, 2.05) is 48.5 Å². The molecule has 0 aliphatic rings. The third kappa shape index (κ3) is 3.28. The Morgan fingerprint density at radius 3 is 2.52 bits per heavy atom. The fourth-order valence-corrected chi connectivity index (χ4v) is 2.80. The molecule has 122 valence electrons. The molecule has 4 aromatic rings. The van der Waals surface area contributed by atoms with Crippen LogP contribution in [0.5, 0.6) is 0 Å². The molecule has 0 atom stereocenters. The van der Waals surface area contributed by atoms with Crippen molar-refractivity contribution in [3.05, 3.63) is 96.3 Å². The van der Waals surface area contributed by atoms with Gasteiger partial charge < -0.3 is 5.32 Å². The summed E-state index contributed by atoms with van der Waals surface area (Å²) < 4.78 is 1.70. The van der Waals surface area contributed by atoms with Gasteiger partial charge in [-0.2, -0.15) is 5.10 Å². The topological polar surface area (TPSA) is 46.9 Å². The van der Waals surface area contributed by atoms with Gasteiger partial charge in [-0.25, -0.2) is 4.68 Å². The maximum absolute atomic E-state index is 12.4. The van der Waals surface area contributed by atoms with Crippen LogP contribution in [0.25, 0.3) is 16.5 Å². The monoisotopic (exact) mass is 327 g/mol. The molecular weight excluding hydrogens is 310 g/mol. The standard InChI is InChI=1S/C21H17N3O/c25-21(19-14-23-24(15-19)20-8-2-1-3-9-20)22-13-16-10-11-17-6-4-5-7-18(17)12-16/h1-12,14-15H,13H2,(H,22,25). The zero-order valence-electron chi connectivity index (χ0n) is 13.6. The first-order valence-corrected chi connectivity index (χ1v) is 8.15. The van der Waals surface area contributed by atoms with Crippen LogP contribution in [0.4, 0.5) is 0 Å². The third-order valence-electron chi connectivity index (χ3n) is 4.13. The Hall–Kier alpha value is -3.40. The number of rotatable bonds is 4. The van der Waals surface area contributed by atoms with Gasteiger partial charge in [0, 0.05) is 12.7 Å². The van der Waals surface area contributed by atoms with E-state index >= 15 is 0 Å². The minimum absolute atomic E-state index is 0.129. The average Bonchev–Trinajstić information content (AvgIpc) is 3.17. The molecule has 0 saturated carbocycles. The van der Waals surface area contributed by atoms with E-state index in [1.54, 1.807) is 17.1 Å². The molecule has 0 spiro atoms. The Labute approximate surface area is 145 Å². The lowest BCUT2D eigenvalue weighted by molar-refractivity contribution is 0.0951. The van der Waals surface area contributed by atoms with Crippen LogP contribution in [-0.4, -0.2) is 15.7 Å². The largest absolute Gasteiger partial charge is 0.348 e. The molecule has 0 radical (unpaired) electrons. The molecular formula is C21H17N3O. The fourth-order valence-electron chi connectivity index (χ4n) is 2.80. The molecule has 3 aromatic carbocycles. The van der Waals surface area contributed by atoms with Crippen molar-refractivity contribution >= 4 is 16.7 Å². The van der Waals surface area contributed by atoms with E-state index in [2.05, 4.69) is 34.7 Å². The third-order valence-corrected chi connectivity index (χ3v) is 4.13. The maximum Gasteiger partial charge on any atom is 0.254 e. The first-order chi connectivity index (χ1) is 12.3. The summed E-state index contributed by atoms with van der Waals surface area (Å²) in [5.74, 6) is -0.129. The molecule has 4 heteroatoms. The van der Waals surface area contributed by atoms with Crippen LogP contribution >= 0.6 is 0 Å². The van der Waals surface area contributed by atoms with Gasteiger partial charge in [-0.1, -0.05) is 54.6 Å². The summed E-state index contributed by atoms with van der Waals surface area (Å²) in [6.45, 7) is 0.486. The quantitative estimate of drug-likeness (QED) is 0.617. The van der Waals surface area contributed by atoms with Crippen molar-refractivity contribution < 1.29 is 4.79 Å². The molecule has 0 unspecified atom stereocenters. The highest BCUT2D eigenvalue weighted by Crippen LogP contribution is 2.15. The summed E-state index contributed by atoms with van der Waals surface area (Å²) in [5, 5.41) is 9.58. The number of carbonyl (C=O) groups excluding carboxylic acids is 1. The molecule has 0 bridgehead atoms. The van der Waals surface area contributed by atoms with E-state index in [0.717, 1.165) is 11.3 Å². The SMILES string of the molecule is O=C(NCc1ccc2ccccc2c1)c1cnn(-c2ccccc2)c1. The van der Waals surface area contributed by atoms with Crippen LogP contribution in [0.2, 0.25) is 0 Å². The summed E-state index contributed by atoms with van der Waals surface area (Å²) in [6.07, 6.45) is 3.33. The lowest BCUT2D eigenvalue weighted by Crippen LogP contribution is -2.22. The van der Waals surface area contributed by atoms with Gasteiger partial charge in [0.1, 0.15) is 0 Å². The molecule has 0 saturated heterocycles. The zero-order chi connectivity index (χ0) is 17.1. The number of benzene rings is 3. The molecule has 1 heterocycles. The summed E-state index contributed by atoms with van der Waals surface area (Å²) in [5.41, 5.74) is 2.54. The van der Waals surface area contributed by atoms with Gasteiger partial charge in [0.25, 0.3) is 5.91 Å². The Kier molecular flexibility index (Phi) is 4.01. The second-order valence-corrected chi connectivity index (χ2v) is 5.87. The van der Waals surface area contributed by atoms with Gasteiger partial charge >= 0.3 is 0 Å². The van der Waals surface area contributed by atoms with E-state index in [1.165, 1.54) is 10.8 Å². The second kappa shape index (κ2) is 6.61. The van der Waals surface area contributed by atoms with Crippen LogP contribution in [0.15, 0.2) is 85.2 Å². The van der Waals surface area contributed by atoms with Crippen LogP contribution in [0.3, 0.4) is 0 Å². The van der Waals surface area contributed by atoms with E-state index in [-0.39, 0.29) is 5.91 Å². The molecule has 0 fully saturated rings. The van der Waals surface area contributed by atoms with Crippen LogP contribution < -0.4 is 5.32 Å². The highest BCUT2D eigenvalue weighted by Gasteiger charge is 2.09. The van der Waals surface area contributed by atoms with Crippen molar-refractivity contribution in [1.29, 1.82) is 0 Å². The first kappa shape index (κ1) is 15.1. The van der Waals surface area contributed by atoms with Gasteiger partial charge in [-0.3, -0.25) is 4.79 Å². The molecule has 0 aliphatic heterocycles. The van der Waals surface area contributed by atoms with E-state index in [9.17, 15) is 4.79 Å². The fraction of sp³-hybridized carbons (Fsp3) is 0.0476. The van der Waals surface area contributed by atoms with Gasteiger partial charge in [0.2, 0.25) is 0 Å². The number of hydrogen-bond acceptors (Lipinski definition) is 2. The van der Waals surface area contributed by atoms with E-state index in [4.69, 9.17) is 0 Å². The smallest absolute Gasteiger partial charge is 0.254 e. The molecule has 4 rings (SSSR count). The number of nitrogens with one attached hydrogen (secondary N) is 1. The van der Waals surface area contributed by atoms with Gasteiger partial charge in [0.05, 0.1) is 17.4 Å². The second-order valence-electron chi connectivity index (χ2n) is 5.87. The van der Waals surface area contributed by atoms with Crippen LogP contribution in [-0.2, 0) is 6.54 Å². The average molecular weight is 327 g/mol. The minimum atomic E-state index is -0.129. The van der Waals surface area contributed by atoms with Crippen molar-refractivity contribution in [2.45, 2.75) is 6.54 Å². The zero-order valence-corrected chi connectivity index (χ0v) is 13.6. The molecule has 1 amide bonds. The number of carbonyl (C=O) groups is 1. The van der Waals surface area contributed by atoms with Crippen molar-refractivity contribution in [3.63, 3.8) is 0 Å². The van der Waals surface area contributed by atoms with Gasteiger partial charge in [-0.05, 0) is 34.5 Å². The summed E-state index contributed by atoms with van der Waals surface area (Å²) in [4.78, 5) is 12.4. The van der Waals surface area contributed by atoms with Crippen molar-refractivity contribution in [2.24, 2.45) is 0 Å². The molecule has 4 nitrogen and oxygen atoms in total. The normalized spacial score (nSPS) is 10.7. The Morgan fingerprint density at radius 1 is 0.920 bits per heavy atom. The van der Waals surface area contributed by atoms with Crippen LogP contribution in [0, 0.1) is 0 Å². The molecule has 1 N–H and O–H groups in total. The van der Waals surface area contributed by atoms with Gasteiger partial charge in [0.15, 0.2) is 0 Å². The minimum Gasteiger partial charge on any atom is -0.348 e. The maximum atomic E-state index is 12.4. The van der Waals surface area contributed by atoms with E-state index in [0.29, 0.717) is 12.1 Å². The lowest BCUT2D eigenvalue weighted by atomic mass is 10.1. The number of hydrogen-bond donors (Lipinski definition) is 1. The van der Waals surface area contributed by atoms with Crippen molar-refractivity contribution in [1.82, 2.24) is 15.1 Å². The summed E-state index contributed by atoms with van der Waals surface area (Å²) >= 11 is 0.